The third-order valence-electron chi connectivity index (χ3n) is 6.06. The number of piperidine rings is 1. The van der Waals surface area contributed by atoms with Crippen LogP contribution in [0.15, 0.2) is 35.3 Å². The van der Waals surface area contributed by atoms with E-state index in [0.717, 1.165) is 51.8 Å². The number of likely N-dealkylation sites (tertiary alicyclic amines) is 2. The summed E-state index contributed by atoms with van der Waals surface area (Å²) in [5.41, 5.74) is 1.41. The van der Waals surface area contributed by atoms with Crippen molar-refractivity contribution in [2.24, 2.45) is 4.99 Å². The number of methoxy groups -OCH3 is 1. The molecule has 0 amide bonds. The lowest BCUT2D eigenvalue weighted by atomic mass is 10.0. The third-order valence-corrected chi connectivity index (χ3v) is 6.06. The number of ether oxygens (including phenoxy) is 1. The minimum Gasteiger partial charge on any atom is -0.383 e. The molecule has 162 valence electrons. The lowest BCUT2D eigenvalue weighted by Crippen LogP contribution is -2.49. The number of benzene rings is 1. The average molecular weight is 402 g/mol. The molecule has 1 atom stereocenters. The Bertz CT molecular complexity index is 601. The van der Waals surface area contributed by atoms with Gasteiger partial charge in [-0.3, -0.25) is 14.8 Å². The van der Waals surface area contributed by atoms with E-state index in [2.05, 4.69) is 57.7 Å². The Morgan fingerprint density at radius 2 is 1.93 bits per heavy atom. The van der Waals surface area contributed by atoms with Gasteiger partial charge >= 0.3 is 0 Å². The fourth-order valence-electron chi connectivity index (χ4n) is 4.39. The number of nitrogens with zero attached hydrogens (tertiary/aromatic N) is 3. The van der Waals surface area contributed by atoms with E-state index in [0.29, 0.717) is 12.1 Å². The first-order valence-electron chi connectivity index (χ1n) is 11.3. The molecule has 2 heterocycles. The van der Waals surface area contributed by atoms with Crippen molar-refractivity contribution in [2.75, 3.05) is 53.0 Å². The van der Waals surface area contributed by atoms with Gasteiger partial charge in [0.25, 0.3) is 0 Å². The molecule has 29 heavy (non-hydrogen) atoms. The van der Waals surface area contributed by atoms with E-state index in [4.69, 9.17) is 9.73 Å². The molecule has 3 rings (SSSR count). The fourth-order valence-corrected chi connectivity index (χ4v) is 4.39. The summed E-state index contributed by atoms with van der Waals surface area (Å²) in [6.07, 6.45) is 4.85. The van der Waals surface area contributed by atoms with Crippen molar-refractivity contribution in [3.8, 4) is 0 Å². The number of rotatable bonds is 9. The molecule has 0 saturated carbocycles. The highest BCUT2D eigenvalue weighted by atomic mass is 16.5. The van der Waals surface area contributed by atoms with Crippen LogP contribution in [-0.4, -0.2) is 80.8 Å². The topological polar surface area (TPSA) is 52.1 Å². The first-order chi connectivity index (χ1) is 14.3. The van der Waals surface area contributed by atoms with Crippen LogP contribution in [0.5, 0.6) is 0 Å². The average Bonchev–Trinajstić information content (AvgIpc) is 3.20. The van der Waals surface area contributed by atoms with Crippen LogP contribution in [0.4, 0.5) is 0 Å². The summed E-state index contributed by atoms with van der Waals surface area (Å²) in [6, 6.07) is 11.8. The Morgan fingerprint density at radius 3 is 2.66 bits per heavy atom. The second kappa shape index (κ2) is 12.2. The van der Waals surface area contributed by atoms with E-state index in [1.165, 1.54) is 37.8 Å². The summed E-state index contributed by atoms with van der Waals surface area (Å²) in [5.74, 6) is 0.979. The van der Waals surface area contributed by atoms with Crippen LogP contribution in [0.2, 0.25) is 0 Å². The van der Waals surface area contributed by atoms with Gasteiger partial charge in [-0.1, -0.05) is 30.3 Å². The zero-order valence-electron chi connectivity index (χ0n) is 18.3. The number of guanidine groups is 1. The van der Waals surface area contributed by atoms with Gasteiger partial charge in [0.2, 0.25) is 0 Å². The Balaban J connectivity index is 1.44. The van der Waals surface area contributed by atoms with Crippen LogP contribution in [0.3, 0.4) is 0 Å². The van der Waals surface area contributed by atoms with E-state index >= 15 is 0 Å². The van der Waals surface area contributed by atoms with Gasteiger partial charge in [0.15, 0.2) is 5.96 Å². The number of hydrogen-bond donors (Lipinski definition) is 2. The number of aliphatic imine (C=N–C) groups is 1. The predicted molar refractivity (Wildman–Crippen MR) is 120 cm³/mol. The van der Waals surface area contributed by atoms with Gasteiger partial charge in [0.1, 0.15) is 0 Å². The quantitative estimate of drug-likeness (QED) is 0.491. The minimum absolute atomic E-state index is 0.507. The highest BCUT2D eigenvalue weighted by Gasteiger charge is 2.24. The van der Waals surface area contributed by atoms with Gasteiger partial charge in [0, 0.05) is 51.9 Å². The second-order valence-corrected chi connectivity index (χ2v) is 8.22. The number of nitrogens with one attached hydrogen (secondary N) is 2. The van der Waals surface area contributed by atoms with Gasteiger partial charge in [-0.25, -0.2) is 0 Å². The van der Waals surface area contributed by atoms with Gasteiger partial charge in [-0.15, -0.1) is 0 Å². The molecule has 2 saturated heterocycles. The summed E-state index contributed by atoms with van der Waals surface area (Å²) in [6.45, 7) is 10.2. The maximum atomic E-state index is 5.26. The maximum Gasteiger partial charge on any atom is 0.191 e. The molecule has 2 aliphatic heterocycles. The molecular weight excluding hydrogens is 362 g/mol. The van der Waals surface area contributed by atoms with Crippen molar-refractivity contribution in [3.05, 3.63) is 35.9 Å². The molecule has 1 unspecified atom stereocenters. The molecule has 0 spiro atoms. The Morgan fingerprint density at radius 1 is 1.14 bits per heavy atom. The normalized spacial score (nSPS) is 22.1. The number of hydrogen-bond acceptors (Lipinski definition) is 4. The molecule has 2 N–H and O–H groups in total. The molecule has 2 fully saturated rings. The van der Waals surface area contributed by atoms with Gasteiger partial charge < -0.3 is 15.4 Å². The monoisotopic (exact) mass is 401 g/mol. The van der Waals surface area contributed by atoms with Crippen molar-refractivity contribution in [3.63, 3.8) is 0 Å². The summed E-state index contributed by atoms with van der Waals surface area (Å²) in [5, 5.41) is 7.14. The van der Waals surface area contributed by atoms with Crippen LogP contribution < -0.4 is 10.6 Å². The van der Waals surface area contributed by atoms with Crippen LogP contribution in [0.25, 0.3) is 0 Å². The SMILES string of the molecule is CCNC(=NCC1CCCN1CCOC)NC1CCN(Cc2ccccc2)CC1. The molecular formula is C23H39N5O. The molecule has 1 aromatic carbocycles. The third kappa shape index (κ3) is 7.28. The molecule has 0 aliphatic carbocycles. The molecule has 1 aromatic rings. The van der Waals surface area contributed by atoms with E-state index in [-0.39, 0.29) is 0 Å². The van der Waals surface area contributed by atoms with E-state index in [1.807, 2.05) is 0 Å². The van der Waals surface area contributed by atoms with Gasteiger partial charge in [-0.05, 0) is 44.7 Å². The van der Waals surface area contributed by atoms with E-state index in [9.17, 15) is 0 Å². The summed E-state index contributed by atoms with van der Waals surface area (Å²) >= 11 is 0. The zero-order valence-corrected chi connectivity index (χ0v) is 18.3. The van der Waals surface area contributed by atoms with Crippen LogP contribution in [0.1, 0.15) is 38.2 Å². The van der Waals surface area contributed by atoms with Crippen molar-refractivity contribution in [1.29, 1.82) is 0 Å². The van der Waals surface area contributed by atoms with Crippen molar-refractivity contribution in [2.45, 2.75) is 51.2 Å². The Labute approximate surface area is 176 Å². The van der Waals surface area contributed by atoms with Crippen molar-refractivity contribution >= 4 is 5.96 Å². The zero-order chi connectivity index (χ0) is 20.3. The highest BCUT2D eigenvalue weighted by Crippen LogP contribution is 2.17. The first-order valence-corrected chi connectivity index (χ1v) is 11.3. The van der Waals surface area contributed by atoms with Crippen LogP contribution in [-0.2, 0) is 11.3 Å². The largest absolute Gasteiger partial charge is 0.383 e. The molecule has 6 heteroatoms. The van der Waals surface area contributed by atoms with Crippen molar-refractivity contribution in [1.82, 2.24) is 20.4 Å². The summed E-state index contributed by atoms with van der Waals surface area (Å²) in [4.78, 5) is 10.0. The van der Waals surface area contributed by atoms with Crippen molar-refractivity contribution < 1.29 is 4.74 Å². The molecule has 0 radical (unpaired) electrons. The highest BCUT2D eigenvalue weighted by molar-refractivity contribution is 5.80. The maximum absolute atomic E-state index is 5.26. The van der Waals surface area contributed by atoms with E-state index in [1.54, 1.807) is 7.11 Å². The lowest BCUT2D eigenvalue weighted by molar-refractivity contribution is 0.142. The van der Waals surface area contributed by atoms with E-state index < -0.39 is 0 Å². The Hall–Kier alpha value is -1.63. The Kier molecular flexibility index (Phi) is 9.25. The summed E-state index contributed by atoms with van der Waals surface area (Å²) in [7, 11) is 1.78. The fraction of sp³-hybridized carbons (Fsp3) is 0.696. The predicted octanol–water partition coefficient (Wildman–Crippen LogP) is 2.32. The van der Waals surface area contributed by atoms with Gasteiger partial charge in [0.05, 0.1) is 13.2 Å². The smallest absolute Gasteiger partial charge is 0.191 e. The molecule has 2 aliphatic rings. The standard InChI is InChI=1S/C23H39N5O/c1-3-24-23(25-18-22-10-7-13-28(22)16-17-29-2)26-21-11-14-27(15-12-21)19-20-8-5-4-6-9-20/h4-6,8-9,21-22H,3,7,10-19H2,1-2H3,(H2,24,25,26). The second-order valence-electron chi connectivity index (χ2n) is 8.22. The minimum atomic E-state index is 0.507. The molecule has 0 aromatic heterocycles. The lowest BCUT2D eigenvalue weighted by Gasteiger charge is -2.33. The molecule has 0 bridgehead atoms. The molecule has 6 nitrogen and oxygen atoms in total. The van der Waals surface area contributed by atoms with Crippen LogP contribution >= 0.6 is 0 Å². The van der Waals surface area contributed by atoms with Crippen LogP contribution in [0, 0.1) is 0 Å². The summed E-state index contributed by atoms with van der Waals surface area (Å²) < 4.78 is 5.26. The van der Waals surface area contributed by atoms with Gasteiger partial charge in [-0.2, -0.15) is 0 Å². The first kappa shape index (κ1) is 22.1.